The van der Waals surface area contributed by atoms with Crippen LogP contribution in [0.2, 0.25) is 0 Å². The summed E-state index contributed by atoms with van der Waals surface area (Å²) in [5.41, 5.74) is 4.82. The van der Waals surface area contributed by atoms with Crippen LogP contribution in [0.15, 0.2) is 16.9 Å². The molecular formula is C22H26N4O2S. The van der Waals surface area contributed by atoms with Crippen molar-refractivity contribution in [2.24, 2.45) is 5.92 Å². The first-order valence-corrected chi connectivity index (χ1v) is 10.9. The van der Waals surface area contributed by atoms with Crippen LogP contribution in [0.3, 0.4) is 0 Å². The number of aryl methyl sites for hydroxylation is 4. The minimum atomic E-state index is -0.752. The Morgan fingerprint density at radius 1 is 1.28 bits per heavy atom. The van der Waals surface area contributed by atoms with Crippen molar-refractivity contribution in [3.05, 3.63) is 49.6 Å². The minimum Gasteiger partial charge on any atom is -0.324 e. The maximum absolute atomic E-state index is 13.2. The molecule has 2 heterocycles. The number of aromatic nitrogens is 3. The molecule has 0 saturated heterocycles. The number of benzene rings is 1. The molecule has 0 radical (unpaired) electrons. The van der Waals surface area contributed by atoms with Crippen molar-refractivity contribution >= 4 is 33.1 Å². The Morgan fingerprint density at radius 2 is 1.97 bits per heavy atom. The number of anilines is 1. The van der Waals surface area contributed by atoms with Crippen LogP contribution >= 0.6 is 11.3 Å². The van der Waals surface area contributed by atoms with Crippen molar-refractivity contribution in [2.45, 2.75) is 59.9 Å². The number of hydrogen-bond acceptors (Lipinski definition) is 5. The lowest BCUT2D eigenvalue weighted by Gasteiger charge is -2.18. The highest BCUT2D eigenvalue weighted by atomic mass is 32.1. The Balaban J connectivity index is 1.69. The Morgan fingerprint density at radius 3 is 2.66 bits per heavy atom. The van der Waals surface area contributed by atoms with E-state index in [1.54, 1.807) is 18.3 Å². The third-order valence-electron chi connectivity index (χ3n) is 5.82. The van der Waals surface area contributed by atoms with Gasteiger partial charge in [-0.15, -0.1) is 16.4 Å². The van der Waals surface area contributed by atoms with Gasteiger partial charge in [0.25, 0.3) is 5.56 Å². The molecule has 0 fully saturated rings. The molecule has 0 bridgehead atoms. The van der Waals surface area contributed by atoms with Gasteiger partial charge in [-0.05, 0) is 69.6 Å². The number of carbonyl (C=O) groups excluding carboxylic acids is 1. The average molecular weight is 411 g/mol. The highest BCUT2D eigenvalue weighted by Crippen LogP contribution is 2.35. The minimum absolute atomic E-state index is 0.220. The van der Waals surface area contributed by atoms with Crippen LogP contribution < -0.4 is 10.9 Å². The summed E-state index contributed by atoms with van der Waals surface area (Å²) in [6.45, 7) is 9.89. The van der Waals surface area contributed by atoms with Crippen LogP contribution in [-0.4, -0.2) is 20.9 Å². The van der Waals surface area contributed by atoms with Gasteiger partial charge >= 0.3 is 0 Å². The fourth-order valence-electron chi connectivity index (χ4n) is 4.24. The van der Waals surface area contributed by atoms with E-state index in [9.17, 15) is 9.59 Å². The quantitative estimate of drug-likeness (QED) is 0.705. The second-order valence-corrected chi connectivity index (χ2v) is 9.39. The zero-order valence-corrected chi connectivity index (χ0v) is 18.3. The van der Waals surface area contributed by atoms with Crippen molar-refractivity contribution in [3.63, 3.8) is 0 Å². The molecule has 152 valence electrons. The lowest BCUT2D eigenvalue weighted by molar-refractivity contribution is -0.119. The van der Waals surface area contributed by atoms with Gasteiger partial charge in [-0.25, -0.2) is 0 Å². The van der Waals surface area contributed by atoms with Crippen molar-refractivity contribution in [2.75, 3.05) is 5.32 Å². The molecule has 2 aromatic heterocycles. The van der Waals surface area contributed by atoms with E-state index in [1.807, 2.05) is 32.9 Å². The summed E-state index contributed by atoms with van der Waals surface area (Å²) >= 11 is 1.57. The lowest BCUT2D eigenvalue weighted by atomic mass is 9.89. The van der Waals surface area contributed by atoms with E-state index in [-0.39, 0.29) is 11.5 Å². The van der Waals surface area contributed by atoms with Crippen LogP contribution in [0.5, 0.6) is 0 Å². The van der Waals surface area contributed by atoms with E-state index in [0.717, 1.165) is 47.2 Å². The second kappa shape index (κ2) is 7.37. The van der Waals surface area contributed by atoms with Crippen molar-refractivity contribution in [3.8, 4) is 0 Å². The van der Waals surface area contributed by atoms with E-state index < -0.39 is 6.04 Å². The van der Waals surface area contributed by atoms with E-state index in [0.29, 0.717) is 16.1 Å². The zero-order chi connectivity index (χ0) is 20.9. The number of amides is 1. The predicted molar refractivity (Wildman–Crippen MR) is 117 cm³/mol. The highest BCUT2D eigenvalue weighted by molar-refractivity contribution is 7.18. The molecule has 1 aliphatic rings. The normalized spacial score (nSPS) is 17.2. The standard InChI is InChI=1S/C22H26N4O2S/c1-11-6-7-16-17(10-11)29-21-18(16)22(28)26(25-24-21)15(5)20(27)23-19-13(3)8-12(2)9-14(19)4/h8-9,11,15H,6-7,10H2,1-5H3,(H,23,27)/t11-,15-/m0/s1. The SMILES string of the molecule is Cc1cc(C)c(NC(=O)[C@H](C)n2nnc3sc4c(c3c2=O)CC[C@H](C)C4)c(C)c1. The summed E-state index contributed by atoms with van der Waals surface area (Å²) in [5.74, 6) is 0.352. The third kappa shape index (κ3) is 3.48. The Bertz CT molecular complexity index is 1150. The first kappa shape index (κ1) is 19.8. The number of nitrogens with one attached hydrogen (secondary N) is 1. The molecule has 1 aliphatic carbocycles. The van der Waals surface area contributed by atoms with Crippen LogP contribution in [0.25, 0.3) is 10.2 Å². The fourth-order valence-corrected chi connectivity index (χ4v) is 5.56. The third-order valence-corrected chi connectivity index (χ3v) is 6.96. The Kier molecular flexibility index (Phi) is 5.02. The molecule has 0 unspecified atom stereocenters. The topological polar surface area (TPSA) is 76.9 Å². The Hall–Kier alpha value is -2.54. The molecule has 1 amide bonds. The molecule has 29 heavy (non-hydrogen) atoms. The molecule has 4 rings (SSSR count). The van der Waals surface area contributed by atoms with Crippen LogP contribution in [0.4, 0.5) is 5.69 Å². The average Bonchev–Trinajstić information content (AvgIpc) is 3.02. The molecule has 1 aromatic carbocycles. The van der Waals surface area contributed by atoms with Gasteiger partial charge in [0.1, 0.15) is 6.04 Å². The number of nitrogens with zero attached hydrogens (tertiary/aromatic N) is 3. The molecular weight excluding hydrogens is 384 g/mol. The molecule has 2 atom stereocenters. The molecule has 3 aromatic rings. The van der Waals surface area contributed by atoms with Gasteiger partial charge in [-0.3, -0.25) is 9.59 Å². The smallest absolute Gasteiger partial charge is 0.279 e. The van der Waals surface area contributed by atoms with Crippen LogP contribution in [0.1, 0.15) is 53.4 Å². The maximum Gasteiger partial charge on any atom is 0.279 e. The Labute approximate surface area is 173 Å². The summed E-state index contributed by atoms with van der Waals surface area (Å²) < 4.78 is 1.22. The summed E-state index contributed by atoms with van der Waals surface area (Å²) in [6.07, 6.45) is 2.94. The zero-order valence-electron chi connectivity index (χ0n) is 17.5. The van der Waals surface area contributed by atoms with Gasteiger partial charge in [-0.1, -0.05) is 29.8 Å². The van der Waals surface area contributed by atoms with Gasteiger partial charge < -0.3 is 5.32 Å². The summed E-state index contributed by atoms with van der Waals surface area (Å²) in [4.78, 5) is 28.1. The van der Waals surface area contributed by atoms with E-state index >= 15 is 0 Å². The monoisotopic (exact) mass is 410 g/mol. The van der Waals surface area contributed by atoms with Crippen LogP contribution in [-0.2, 0) is 17.6 Å². The predicted octanol–water partition coefficient (Wildman–Crippen LogP) is 4.10. The highest BCUT2D eigenvalue weighted by Gasteiger charge is 2.26. The number of carbonyl (C=O) groups is 1. The summed E-state index contributed by atoms with van der Waals surface area (Å²) in [6, 6.07) is 3.31. The van der Waals surface area contributed by atoms with Gasteiger partial charge in [0.2, 0.25) is 5.91 Å². The van der Waals surface area contributed by atoms with E-state index in [2.05, 4.69) is 22.6 Å². The first-order chi connectivity index (χ1) is 13.8. The summed E-state index contributed by atoms with van der Waals surface area (Å²) in [7, 11) is 0. The largest absolute Gasteiger partial charge is 0.324 e. The first-order valence-electron chi connectivity index (χ1n) is 10.0. The van der Waals surface area contributed by atoms with Gasteiger partial charge in [-0.2, -0.15) is 4.68 Å². The molecule has 0 spiro atoms. The van der Waals surface area contributed by atoms with Crippen molar-refractivity contribution in [1.29, 1.82) is 0 Å². The number of fused-ring (bicyclic) bond motifs is 3. The maximum atomic E-state index is 13.2. The van der Waals surface area contributed by atoms with Gasteiger partial charge in [0.15, 0.2) is 4.83 Å². The molecule has 6 nitrogen and oxygen atoms in total. The lowest BCUT2D eigenvalue weighted by Crippen LogP contribution is -2.34. The molecule has 1 N–H and O–H groups in total. The van der Waals surface area contributed by atoms with E-state index in [4.69, 9.17) is 0 Å². The molecule has 0 aliphatic heterocycles. The second-order valence-electron chi connectivity index (χ2n) is 8.31. The molecule has 0 saturated carbocycles. The molecule has 7 heteroatoms. The van der Waals surface area contributed by atoms with Crippen molar-refractivity contribution < 1.29 is 4.79 Å². The van der Waals surface area contributed by atoms with Crippen LogP contribution in [0, 0.1) is 26.7 Å². The number of thiophene rings is 1. The van der Waals surface area contributed by atoms with E-state index in [1.165, 1.54) is 9.56 Å². The van der Waals surface area contributed by atoms with Crippen molar-refractivity contribution in [1.82, 2.24) is 15.0 Å². The van der Waals surface area contributed by atoms with Gasteiger partial charge in [0.05, 0.1) is 5.39 Å². The number of hydrogen-bond donors (Lipinski definition) is 1. The summed E-state index contributed by atoms with van der Waals surface area (Å²) in [5, 5.41) is 12.0. The fraction of sp³-hybridized carbons (Fsp3) is 0.455. The van der Waals surface area contributed by atoms with Gasteiger partial charge in [0, 0.05) is 10.6 Å². The number of rotatable bonds is 3.